The van der Waals surface area contributed by atoms with E-state index in [9.17, 15) is 13.9 Å². The molecule has 0 atom stereocenters. The SMILES string of the molecule is OCc1ccc(-c2ccc(F)cc2)c(-c2ccc(F)cc2)n1. The Bertz CT molecular complexity index is 783. The van der Waals surface area contributed by atoms with Crippen LogP contribution in [-0.4, -0.2) is 10.1 Å². The van der Waals surface area contributed by atoms with Crippen molar-refractivity contribution in [2.24, 2.45) is 0 Å². The number of benzene rings is 2. The molecule has 3 aromatic rings. The molecule has 1 N–H and O–H groups in total. The molecule has 0 spiro atoms. The smallest absolute Gasteiger partial charge is 0.123 e. The number of aromatic nitrogens is 1. The van der Waals surface area contributed by atoms with Crippen molar-refractivity contribution in [2.45, 2.75) is 6.61 Å². The molecule has 22 heavy (non-hydrogen) atoms. The van der Waals surface area contributed by atoms with E-state index < -0.39 is 0 Å². The average Bonchev–Trinajstić information content (AvgIpc) is 2.56. The number of hydrogen-bond donors (Lipinski definition) is 1. The number of aliphatic hydroxyl groups excluding tert-OH is 1. The summed E-state index contributed by atoms with van der Waals surface area (Å²) in [6.07, 6.45) is 0. The van der Waals surface area contributed by atoms with Gasteiger partial charge >= 0.3 is 0 Å². The monoisotopic (exact) mass is 297 g/mol. The van der Waals surface area contributed by atoms with Crippen LogP contribution in [0.1, 0.15) is 5.69 Å². The molecule has 1 aromatic heterocycles. The van der Waals surface area contributed by atoms with Crippen molar-refractivity contribution >= 4 is 0 Å². The molecule has 0 fully saturated rings. The van der Waals surface area contributed by atoms with Crippen LogP contribution >= 0.6 is 0 Å². The molecular formula is C18H13F2NO. The normalized spacial score (nSPS) is 10.7. The van der Waals surface area contributed by atoms with Gasteiger partial charge in [-0.2, -0.15) is 0 Å². The van der Waals surface area contributed by atoms with Crippen LogP contribution in [0.2, 0.25) is 0 Å². The van der Waals surface area contributed by atoms with E-state index in [0.29, 0.717) is 11.4 Å². The van der Waals surface area contributed by atoms with Gasteiger partial charge in [-0.1, -0.05) is 18.2 Å². The lowest BCUT2D eigenvalue weighted by atomic mass is 9.99. The van der Waals surface area contributed by atoms with Gasteiger partial charge in [0.05, 0.1) is 18.0 Å². The molecule has 0 aliphatic rings. The second kappa shape index (κ2) is 6.03. The zero-order chi connectivity index (χ0) is 15.5. The molecule has 0 radical (unpaired) electrons. The Labute approximate surface area is 126 Å². The summed E-state index contributed by atoms with van der Waals surface area (Å²) in [6, 6.07) is 15.6. The largest absolute Gasteiger partial charge is 0.390 e. The zero-order valence-electron chi connectivity index (χ0n) is 11.6. The van der Waals surface area contributed by atoms with Crippen LogP contribution in [0.3, 0.4) is 0 Å². The van der Waals surface area contributed by atoms with Gasteiger partial charge in [0.1, 0.15) is 11.6 Å². The molecule has 0 unspecified atom stereocenters. The minimum atomic E-state index is -0.328. The molecule has 110 valence electrons. The van der Waals surface area contributed by atoms with E-state index in [0.717, 1.165) is 16.7 Å². The maximum Gasteiger partial charge on any atom is 0.123 e. The van der Waals surface area contributed by atoms with Gasteiger partial charge in [-0.3, -0.25) is 0 Å². The Morgan fingerprint density at radius 1 is 0.727 bits per heavy atom. The number of halogens is 2. The molecule has 0 saturated heterocycles. The van der Waals surface area contributed by atoms with Crippen molar-refractivity contribution in [1.82, 2.24) is 4.98 Å². The van der Waals surface area contributed by atoms with E-state index in [1.807, 2.05) is 6.07 Å². The first-order valence-electron chi connectivity index (χ1n) is 6.80. The Balaban J connectivity index is 2.17. The van der Waals surface area contributed by atoms with E-state index >= 15 is 0 Å². The highest BCUT2D eigenvalue weighted by Crippen LogP contribution is 2.31. The molecule has 1 heterocycles. The third-order valence-corrected chi connectivity index (χ3v) is 3.39. The van der Waals surface area contributed by atoms with Gasteiger partial charge in [0, 0.05) is 11.1 Å². The van der Waals surface area contributed by atoms with Gasteiger partial charge in [0.25, 0.3) is 0 Å². The topological polar surface area (TPSA) is 33.1 Å². The summed E-state index contributed by atoms with van der Waals surface area (Å²) in [7, 11) is 0. The Morgan fingerprint density at radius 2 is 1.27 bits per heavy atom. The molecule has 0 saturated carbocycles. The van der Waals surface area contributed by atoms with Crippen molar-refractivity contribution in [3.63, 3.8) is 0 Å². The number of aliphatic hydroxyl groups is 1. The van der Waals surface area contributed by atoms with Crippen LogP contribution in [-0.2, 0) is 6.61 Å². The maximum atomic E-state index is 13.1. The minimum Gasteiger partial charge on any atom is -0.390 e. The Morgan fingerprint density at radius 3 is 1.82 bits per heavy atom. The van der Waals surface area contributed by atoms with Crippen molar-refractivity contribution in [1.29, 1.82) is 0 Å². The third kappa shape index (κ3) is 2.87. The summed E-state index contributed by atoms with van der Waals surface area (Å²) in [4.78, 5) is 4.42. The van der Waals surface area contributed by atoms with Crippen LogP contribution in [0.4, 0.5) is 8.78 Å². The number of pyridine rings is 1. The van der Waals surface area contributed by atoms with E-state index in [-0.39, 0.29) is 18.2 Å². The fourth-order valence-electron chi connectivity index (χ4n) is 2.28. The van der Waals surface area contributed by atoms with Crippen molar-refractivity contribution in [3.8, 4) is 22.4 Å². The summed E-state index contributed by atoms with van der Waals surface area (Å²) in [5, 5.41) is 9.28. The van der Waals surface area contributed by atoms with Crippen LogP contribution < -0.4 is 0 Å². The lowest BCUT2D eigenvalue weighted by Gasteiger charge is -2.11. The molecule has 2 nitrogen and oxygen atoms in total. The summed E-state index contributed by atoms with van der Waals surface area (Å²) in [5.41, 5.74) is 3.47. The van der Waals surface area contributed by atoms with Crippen molar-refractivity contribution in [3.05, 3.63) is 78.0 Å². The lowest BCUT2D eigenvalue weighted by molar-refractivity contribution is 0.277. The van der Waals surface area contributed by atoms with Gasteiger partial charge in [-0.15, -0.1) is 0 Å². The van der Waals surface area contributed by atoms with Crippen LogP contribution in [0, 0.1) is 11.6 Å². The second-order valence-electron chi connectivity index (χ2n) is 4.87. The fourth-order valence-corrected chi connectivity index (χ4v) is 2.28. The average molecular weight is 297 g/mol. The first-order valence-corrected chi connectivity index (χ1v) is 6.80. The maximum absolute atomic E-state index is 13.1. The Kier molecular flexibility index (Phi) is 3.94. The molecule has 0 bridgehead atoms. The second-order valence-corrected chi connectivity index (χ2v) is 4.87. The molecule has 0 amide bonds. The summed E-state index contributed by atoms with van der Waals surface area (Å²) in [5.74, 6) is -0.641. The first kappa shape index (κ1) is 14.4. The number of nitrogens with zero attached hydrogens (tertiary/aromatic N) is 1. The molecular weight excluding hydrogens is 284 g/mol. The highest BCUT2D eigenvalue weighted by atomic mass is 19.1. The van der Waals surface area contributed by atoms with Gasteiger partial charge in [0.15, 0.2) is 0 Å². The highest BCUT2D eigenvalue weighted by Gasteiger charge is 2.11. The highest BCUT2D eigenvalue weighted by molar-refractivity contribution is 5.80. The van der Waals surface area contributed by atoms with E-state index in [4.69, 9.17) is 0 Å². The molecule has 0 aliphatic heterocycles. The summed E-state index contributed by atoms with van der Waals surface area (Å²) < 4.78 is 26.2. The minimum absolute atomic E-state index is 0.183. The van der Waals surface area contributed by atoms with E-state index in [1.165, 1.54) is 24.3 Å². The molecule has 2 aromatic carbocycles. The predicted octanol–water partition coefficient (Wildman–Crippen LogP) is 4.19. The zero-order valence-corrected chi connectivity index (χ0v) is 11.6. The number of rotatable bonds is 3. The molecule has 4 heteroatoms. The summed E-state index contributed by atoms with van der Waals surface area (Å²) in [6.45, 7) is -0.183. The standard InChI is InChI=1S/C18H13F2NO/c19-14-5-1-12(2-6-14)17-10-9-16(11-22)21-18(17)13-3-7-15(20)8-4-13/h1-10,22H,11H2. The van der Waals surface area contributed by atoms with Crippen molar-refractivity contribution < 1.29 is 13.9 Å². The lowest BCUT2D eigenvalue weighted by Crippen LogP contribution is -1.95. The number of hydrogen-bond acceptors (Lipinski definition) is 2. The molecule has 3 rings (SSSR count). The van der Waals surface area contributed by atoms with Crippen LogP contribution in [0.15, 0.2) is 60.7 Å². The fraction of sp³-hybridized carbons (Fsp3) is 0.0556. The van der Waals surface area contributed by atoms with E-state index in [1.54, 1.807) is 30.3 Å². The van der Waals surface area contributed by atoms with Gasteiger partial charge < -0.3 is 5.11 Å². The van der Waals surface area contributed by atoms with E-state index in [2.05, 4.69) is 4.98 Å². The first-order chi connectivity index (χ1) is 10.7. The van der Waals surface area contributed by atoms with Crippen molar-refractivity contribution in [2.75, 3.05) is 0 Å². The predicted molar refractivity (Wildman–Crippen MR) is 80.9 cm³/mol. The van der Waals surface area contributed by atoms with Gasteiger partial charge in [-0.25, -0.2) is 13.8 Å². The third-order valence-electron chi connectivity index (χ3n) is 3.39. The van der Waals surface area contributed by atoms with Gasteiger partial charge in [-0.05, 0) is 48.0 Å². The Hall–Kier alpha value is -2.59. The van der Waals surface area contributed by atoms with Gasteiger partial charge in [0.2, 0.25) is 0 Å². The van der Waals surface area contributed by atoms with Crippen LogP contribution in [0.5, 0.6) is 0 Å². The summed E-state index contributed by atoms with van der Waals surface area (Å²) >= 11 is 0. The quantitative estimate of drug-likeness (QED) is 0.786. The molecule has 0 aliphatic carbocycles. The van der Waals surface area contributed by atoms with Crippen LogP contribution in [0.25, 0.3) is 22.4 Å².